The molecule has 1 N–H and O–H groups in total. The highest BCUT2D eigenvalue weighted by molar-refractivity contribution is 5.75. The quantitative estimate of drug-likeness (QED) is 0.852. The van der Waals surface area contributed by atoms with Gasteiger partial charge in [0.2, 0.25) is 0 Å². The summed E-state index contributed by atoms with van der Waals surface area (Å²) in [7, 11) is 0. The van der Waals surface area contributed by atoms with E-state index in [2.05, 4.69) is 0 Å². The highest BCUT2D eigenvalue weighted by Gasteiger charge is 2.31. The molecule has 1 heterocycles. The van der Waals surface area contributed by atoms with Gasteiger partial charge in [0.1, 0.15) is 11.9 Å². The predicted molar refractivity (Wildman–Crippen MR) is 57.6 cm³/mol. The molecule has 0 aliphatic carbocycles. The fourth-order valence-electron chi connectivity index (χ4n) is 2.18. The van der Waals surface area contributed by atoms with Crippen LogP contribution in [-0.2, 0) is 4.79 Å². The number of carboxylic acids is 1. The predicted octanol–water partition coefficient (Wildman–Crippen LogP) is 2.05. The number of aliphatic carboxylic acids is 1. The first-order chi connectivity index (χ1) is 7.70. The Hall–Kier alpha value is -1.42. The number of carbonyl (C=O) groups is 1. The molecule has 0 amide bonds. The largest absolute Gasteiger partial charge is 0.480 e. The molecule has 1 atom stereocenters. The molecule has 4 heteroatoms. The summed E-state index contributed by atoms with van der Waals surface area (Å²) in [6, 6.07) is 5.25. The third-order valence-corrected chi connectivity index (χ3v) is 2.94. The van der Waals surface area contributed by atoms with Gasteiger partial charge in [-0.2, -0.15) is 0 Å². The van der Waals surface area contributed by atoms with Gasteiger partial charge < -0.3 is 5.11 Å². The van der Waals surface area contributed by atoms with Gasteiger partial charge in [-0.05, 0) is 32.0 Å². The van der Waals surface area contributed by atoms with Crippen molar-refractivity contribution in [3.63, 3.8) is 0 Å². The molecule has 86 valence electrons. The van der Waals surface area contributed by atoms with Crippen LogP contribution in [0.2, 0.25) is 0 Å². The number of likely N-dealkylation sites (tertiary alicyclic amines) is 1. The summed E-state index contributed by atoms with van der Waals surface area (Å²) >= 11 is 0. The second kappa shape index (κ2) is 4.61. The van der Waals surface area contributed by atoms with Crippen molar-refractivity contribution in [1.29, 1.82) is 0 Å². The van der Waals surface area contributed by atoms with E-state index in [4.69, 9.17) is 0 Å². The third-order valence-electron chi connectivity index (χ3n) is 2.94. The van der Waals surface area contributed by atoms with E-state index >= 15 is 0 Å². The zero-order valence-corrected chi connectivity index (χ0v) is 8.90. The number of halogens is 1. The average Bonchev–Trinajstić information content (AvgIpc) is 2.74. The van der Waals surface area contributed by atoms with Crippen LogP contribution in [0.5, 0.6) is 0 Å². The van der Waals surface area contributed by atoms with E-state index in [0.717, 1.165) is 25.9 Å². The lowest BCUT2D eigenvalue weighted by Gasteiger charge is -2.24. The molecule has 1 aromatic rings. The smallest absolute Gasteiger partial charge is 0.325 e. The fraction of sp³-hybridized carbons (Fsp3) is 0.417. The van der Waals surface area contributed by atoms with E-state index < -0.39 is 17.8 Å². The first-order valence-corrected chi connectivity index (χ1v) is 5.41. The second-order valence-electron chi connectivity index (χ2n) is 4.01. The normalized spacial score (nSPS) is 18.6. The van der Waals surface area contributed by atoms with Gasteiger partial charge in [-0.1, -0.05) is 18.2 Å². The Morgan fingerprint density at radius 3 is 2.50 bits per heavy atom. The van der Waals surface area contributed by atoms with Gasteiger partial charge in [0.15, 0.2) is 0 Å². The summed E-state index contributed by atoms with van der Waals surface area (Å²) < 4.78 is 13.6. The summed E-state index contributed by atoms with van der Waals surface area (Å²) in [5.41, 5.74) is 0.261. The Morgan fingerprint density at radius 1 is 1.31 bits per heavy atom. The first-order valence-electron chi connectivity index (χ1n) is 5.41. The third kappa shape index (κ3) is 2.07. The van der Waals surface area contributed by atoms with Crippen molar-refractivity contribution >= 4 is 5.97 Å². The first kappa shape index (κ1) is 11.1. The van der Waals surface area contributed by atoms with Crippen LogP contribution in [0.15, 0.2) is 24.3 Å². The van der Waals surface area contributed by atoms with Gasteiger partial charge in [0, 0.05) is 5.56 Å². The van der Waals surface area contributed by atoms with Crippen LogP contribution in [0.1, 0.15) is 24.4 Å². The van der Waals surface area contributed by atoms with Crippen molar-refractivity contribution in [1.82, 2.24) is 4.90 Å². The van der Waals surface area contributed by atoms with Gasteiger partial charge in [-0.25, -0.2) is 4.39 Å². The molecule has 1 aliphatic rings. The highest BCUT2D eigenvalue weighted by Crippen LogP contribution is 2.26. The van der Waals surface area contributed by atoms with Crippen LogP contribution in [0.4, 0.5) is 4.39 Å². The standard InChI is InChI=1S/C12H14FNO2/c13-10-6-2-1-5-9(10)11(12(15)16)14-7-3-4-8-14/h1-2,5-6,11H,3-4,7-8H2,(H,15,16). The summed E-state index contributed by atoms with van der Waals surface area (Å²) in [6.07, 6.45) is 1.97. The molecule has 1 fully saturated rings. The van der Waals surface area contributed by atoms with E-state index in [0.29, 0.717) is 0 Å². The van der Waals surface area contributed by atoms with E-state index in [1.165, 1.54) is 6.07 Å². The number of hydrogen-bond donors (Lipinski definition) is 1. The van der Waals surface area contributed by atoms with E-state index in [1.807, 2.05) is 4.90 Å². The number of hydrogen-bond acceptors (Lipinski definition) is 2. The van der Waals surface area contributed by atoms with Crippen LogP contribution < -0.4 is 0 Å². The van der Waals surface area contributed by atoms with Crippen LogP contribution in [0, 0.1) is 5.82 Å². The Balaban J connectivity index is 2.32. The van der Waals surface area contributed by atoms with Gasteiger partial charge in [0.25, 0.3) is 0 Å². The lowest BCUT2D eigenvalue weighted by Crippen LogP contribution is -2.32. The maximum absolute atomic E-state index is 13.6. The molecule has 1 unspecified atom stereocenters. The average molecular weight is 223 g/mol. The summed E-state index contributed by atoms with van der Waals surface area (Å²) in [6.45, 7) is 1.45. The van der Waals surface area contributed by atoms with Crippen molar-refractivity contribution in [2.75, 3.05) is 13.1 Å². The van der Waals surface area contributed by atoms with Crippen molar-refractivity contribution in [2.45, 2.75) is 18.9 Å². The maximum atomic E-state index is 13.6. The lowest BCUT2D eigenvalue weighted by atomic mass is 10.1. The minimum atomic E-state index is -0.980. The highest BCUT2D eigenvalue weighted by atomic mass is 19.1. The second-order valence-corrected chi connectivity index (χ2v) is 4.01. The van der Waals surface area contributed by atoms with Gasteiger partial charge in [-0.15, -0.1) is 0 Å². The maximum Gasteiger partial charge on any atom is 0.325 e. The molecule has 0 saturated carbocycles. The molecule has 16 heavy (non-hydrogen) atoms. The van der Waals surface area contributed by atoms with Crippen LogP contribution >= 0.6 is 0 Å². The molecule has 1 aromatic carbocycles. The number of benzene rings is 1. The molecule has 1 aliphatic heterocycles. The van der Waals surface area contributed by atoms with E-state index in [9.17, 15) is 14.3 Å². The SMILES string of the molecule is O=C(O)C(c1ccccc1F)N1CCCC1. The van der Waals surface area contributed by atoms with Crippen LogP contribution in [0.25, 0.3) is 0 Å². The van der Waals surface area contributed by atoms with Crippen molar-refractivity contribution in [3.8, 4) is 0 Å². The van der Waals surface area contributed by atoms with E-state index in [-0.39, 0.29) is 5.56 Å². The van der Waals surface area contributed by atoms with Gasteiger partial charge in [-0.3, -0.25) is 9.69 Å². The molecule has 0 bridgehead atoms. The molecular weight excluding hydrogens is 209 g/mol. The van der Waals surface area contributed by atoms with Crippen molar-refractivity contribution < 1.29 is 14.3 Å². The molecule has 0 spiro atoms. The summed E-state index contributed by atoms with van der Waals surface area (Å²) in [5, 5.41) is 9.20. The zero-order chi connectivity index (χ0) is 11.5. The Morgan fingerprint density at radius 2 is 1.94 bits per heavy atom. The zero-order valence-electron chi connectivity index (χ0n) is 8.90. The Kier molecular flexibility index (Phi) is 3.19. The molecule has 3 nitrogen and oxygen atoms in total. The van der Waals surface area contributed by atoms with Gasteiger partial charge >= 0.3 is 5.97 Å². The molecule has 0 radical (unpaired) electrons. The number of rotatable bonds is 3. The molecule has 2 rings (SSSR count). The Labute approximate surface area is 93.5 Å². The molecular formula is C12H14FNO2. The summed E-state index contributed by atoms with van der Waals surface area (Å²) in [5.74, 6) is -1.42. The summed E-state index contributed by atoms with van der Waals surface area (Å²) in [4.78, 5) is 13.1. The minimum Gasteiger partial charge on any atom is -0.480 e. The molecule has 1 saturated heterocycles. The monoisotopic (exact) mass is 223 g/mol. The van der Waals surface area contributed by atoms with Crippen molar-refractivity contribution in [2.24, 2.45) is 0 Å². The number of nitrogens with zero attached hydrogens (tertiary/aromatic N) is 1. The van der Waals surface area contributed by atoms with Crippen molar-refractivity contribution in [3.05, 3.63) is 35.6 Å². The lowest BCUT2D eigenvalue weighted by molar-refractivity contribution is -0.143. The molecule has 0 aromatic heterocycles. The number of carboxylic acid groups (broad SMARTS) is 1. The van der Waals surface area contributed by atoms with Gasteiger partial charge in [0.05, 0.1) is 0 Å². The minimum absolute atomic E-state index is 0.261. The Bertz CT molecular complexity index is 388. The van der Waals surface area contributed by atoms with Crippen LogP contribution in [0.3, 0.4) is 0 Å². The van der Waals surface area contributed by atoms with Crippen LogP contribution in [-0.4, -0.2) is 29.1 Å². The topological polar surface area (TPSA) is 40.5 Å². The van der Waals surface area contributed by atoms with E-state index in [1.54, 1.807) is 18.2 Å². The fourth-order valence-corrected chi connectivity index (χ4v) is 2.18.